The van der Waals surface area contributed by atoms with Crippen LogP contribution in [0.2, 0.25) is 0 Å². The normalized spacial score (nSPS) is 18.3. The Balaban J connectivity index is 2.17. The zero-order chi connectivity index (χ0) is 16.3. The van der Waals surface area contributed by atoms with Crippen molar-refractivity contribution in [2.75, 3.05) is 24.3 Å². The summed E-state index contributed by atoms with van der Waals surface area (Å²) in [6.07, 6.45) is 6.35. The molecule has 1 fully saturated rings. The van der Waals surface area contributed by atoms with Gasteiger partial charge in [0.05, 0.1) is 24.0 Å². The maximum atomic E-state index is 12.7. The van der Waals surface area contributed by atoms with Gasteiger partial charge in [-0.1, -0.05) is 0 Å². The van der Waals surface area contributed by atoms with Gasteiger partial charge in [0.1, 0.15) is 5.66 Å². The van der Waals surface area contributed by atoms with Crippen LogP contribution in [0.3, 0.4) is 0 Å². The molecule has 0 bridgehead atoms. The van der Waals surface area contributed by atoms with E-state index in [1.807, 2.05) is 26.0 Å². The maximum Gasteiger partial charge on any atom is 0.264 e. The van der Waals surface area contributed by atoms with Gasteiger partial charge in [-0.2, -0.15) is 5.26 Å². The fraction of sp³-hybridized carbons (Fsp3) is 0.556. The Morgan fingerprint density at radius 2 is 1.77 bits per heavy atom. The molecule has 118 valence electrons. The van der Waals surface area contributed by atoms with Gasteiger partial charge in [-0.25, -0.2) is 0 Å². The lowest BCUT2D eigenvalue weighted by Crippen LogP contribution is -2.31. The van der Waals surface area contributed by atoms with Crippen molar-refractivity contribution >= 4 is 18.9 Å². The first kappa shape index (κ1) is 17.0. The fourth-order valence-electron chi connectivity index (χ4n) is 3.36. The third-order valence-electron chi connectivity index (χ3n) is 5.06. The van der Waals surface area contributed by atoms with Crippen molar-refractivity contribution in [2.24, 2.45) is 0 Å². The Morgan fingerprint density at radius 3 is 2.27 bits per heavy atom. The molecular formula is C18H26N2OP+. The van der Waals surface area contributed by atoms with Crippen molar-refractivity contribution in [1.29, 1.82) is 5.26 Å². The highest BCUT2D eigenvalue weighted by Gasteiger charge is 2.43. The summed E-state index contributed by atoms with van der Waals surface area (Å²) in [5.74, 6) is 0.147. The van der Waals surface area contributed by atoms with Crippen LogP contribution in [0.15, 0.2) is 12.1 Å². The molecule has 1 aromatic carbocycles. The molecular weight excluding hydrogens is 291 g/mol. The minimum Gasteiger partial charge on any atom is -0.322 e. The van der Waals surface area contributed by atoms with Crippen molar-refractivity contribution in [3.8, 4) is 6.07 Å². The Labute approximate surface area is 134 Å². The molecule has 0 aromatic heterocycles. The van der Waals surface area contributed by atoms with Crippen molar-refractivity contribution in [3.05, 3.63) is 28.8 Å². The van der Waals surface area contributed by atoms with Crippen LogP contribution >= 0.6 is 7.26 Å². The Hall–Kier alpha value is -1.39. The second-order valence-corrected chi connectivity index (χ2v) is 11.4. The number of hydrogen-bond donors (Lipinski definition) is 1. The van der Waals surface area contributed by atoms with Gasteiger partial charge in [-0.15, -0.1) is 0 Å². The van der Waals surface area contributed by atoms with Crippen LogP contribution in [-0.4, -0.2) is 30.6 Å². The lowest BCUT2D eigenvalue weighted by Gasteiger charge is -2.32. The summed E-state index contributed by atoms with van der Waals surface area (Å²) < 4.78 is 0. The van der Waals surface area contributed by atoms with E-state index in [9.17, 15) is 4.79 Å². The van der Waals surface area contributed by atoms with Crippen LogP contribution < -0.4 is 5.32 Å². The van der Waals surface area contributed by atoms with Gasteiger partial charge in [0.25, 0.3) is 5.91 Å². The minimum absolute atomic E-state index is 0.113. The van der Waals surface area contributed by atoms with Crippen LogP contribution in [0.4, 0.5) is 5.69 Å². The molecule has 0 radical (unpaired) electrons. The van der Waals surface area contributed by atoms with E-state index >= 15 is 0 Å². The van der Waals surface area contributed by atoms with Gasteiger partial charge in [0, 0.05) is 19.6 Å². The fourth-order valence-corrected chi connectivity index (χ4v) is 6.88. The summed E-state index contributed by atoms with van der Waals surface area (Å²) >= 11 is 0. The van der Waals surface area contributed by atoms with Gasteiger partial charge in [0.15, 0.2) is 0 Å². The topological polar surface area (TPSA) is 52.9 Å². The predicted octanol–water partition coefficient (Wildman–Crippen LogP) is 4.33. The predicted molar refractivity (Wildman–Crippen MR) is 95.2 cm³/mol. The van der Waals surface area contributed by atoms with Crippen molar-refractivity contribution in [2.45, 2.75) is 45.7 Å². The van der Waals surface area contributed by atoms with E-state index in [1.165, 1.54) is 31.6 Å². The lowest BCUT2D eigenvalue weighted by molar-refractivity contribution is -0.115. The number of nitrogens with zero attached hydrogens (tertiary/aromatic N) is 1. The molecule has 1 amide bonds. The smallest absolute Gasteiger partial charge is 0.264 e. The molecule has 1 heterocycles. The van der Waals surface area contributed by atoms with Crippen LogP contribution in [0.25, 0.3) is 0 Å². The molecule has 1 unspecified atom stereocenters. The van der Waals surface area contributed by atoms with Crippen molar-refractivity contribution < 1.29 is 4.79 Å². The van der Waals surface area contributed by atoms with Gasteiger partial charge in [-0.3, -0.25) is 4.79 Å². The molecule has 4 heteroatoms. The zero-order valence-electron chi connectivity index (χ0n) is 14.1. The number of amides is 1. The van der Waals surface area contributed by atoms with E-state index in [-0.39, 0.29) is 11.6 Å². The van der Waals surface area contributed by atoms with Crippen LogP contribution in [0, 0.1) is 25.2 Å². The first-order valence-electron chi connectivity index (χ1n) is 8.04. The first-order chi connectivity index (χ1) is 10.4. The molecule has 1 aromatic rings. The number of rotatable bonds is 3. The van der Waals surface area contributed by atoms with Gasteiger partial charge < -0.3 is 5.32 Å². The van der Waals surface area contributed by atoms with Crippen molar-refractivity contribution in [1.82, 2.24) is 0 Å². The van der Waals surface area contributed by atoms with E-state index in [0.29, 0.717) is 5.56 Å². The average Bonchev–Trinajstić information content (AvgIpc) is 2.50. The van der Waals surface area contributed by atoms with Gasteiger partial charge in [0.2, 0.25) is 0 Å². The summed E-state index contributed by atoms with van der Waals surface area (Å²) in [5, 5.41) is 12.2. The Bertz CT molecular complexity index is 589. The molecule has 1 N–H and O–H groups in total. The molecule has 0 saturated carbocycles. The van der Waals surface area contributed by atoms with Gasteiger partial charge >= 0.3 is 0 Å². The maximum absolute atomic E-state index is 12.7. The zero-order valence-corrected chi connectivity index (χ0v) is 15.0. The molecule has 1 aliphatic rings. The third-order valence-corrected chi connectivity index (χ3v) is 9.84. The quantitative estimate of drug-likeness (QED) is 0.843. The molecule has 1 saturated heterocycles. The molecule has 0 aliphatic carbocycles. The number of aryl methyl sites for hydroxylation is 2. The van der Waals surface area contributed by atoms with E-state index in [0.717, 1.165) is 16.8 Å². The standard InChI is InChI=1S/C18H25N2OP/c1-13-10-16(12-19)11-14(2)17(13)20-18(21)15(3)22(4)8-6-5-7-9-22/h10-11,15H,5-9H2,1-4H3/p+1. The summed E-state index contributed by atoms with van der Waals surface area (Å²) in [4.78, 5) is 12.7. The van der Waals surface area contributed by atoms with Crippen LogP contribution in [-0.2, 0) is 4.79 Å². The summed E-state index contributed by atoms with van der Waals surface area (Å²) in [6.45, 7) is 8.36. The van der Waals surface area contributed by atoms with E-state index < -0.39 is 7.26 Å². The molecule has 0 spiro atoms. The van der Waals surface area contributed by atoms with E-state index in [1.54, 1.807) is 0 Å². The highest BCUT2D eigenvalue weighted by atomic mass is 31.2. The summed E-state index contributed by atoms with van der Waals surface area (Å²) in [7, 11) is -1.16. The lowest BCUT2D eigenvalue weighted by atomic mass is 10.0. The molecule has 1 aliphatic heterocycles. The summed E-state index contributed by atoms with van der Waals surface area (Å²) in [5.41, 5.74) is 3.56. The van der Waals surface area contributed by atoms with E-state index in [4.69, 9.17) is 5.26 Å². The number of carbonyl (C=O) groups excluding carboxylic acids is 1. The third kappa shape index (κ3) is 3.50. The van der Waals surface area contributed by atoms with Gasteiger partial charge in [-0.05, 0) is 63.3 Å². The minimum atomic E-state index is -1.16. The van der Waals surface area contributed by atoms with Crippen LogP contribution in [0.1, 0.15) is 42.9 Å². The van der Waals surface area contributed by atoms with E-state index in [2.05, 4.69) is 25.0 Å². The number of anilines is 1. The highest BCUT2D eigenvalue weighted by Crippen LogP contribution is 2.62. The molecule has 2 rings (SSSR count). The number of carbonyl (C=O) groups is 1. The Morgan fingerprint density at radius 1 is 1.23 bits per heavy atom. The average molecular weight is 317 g/mol. The number of nitrogens with one attached hydrogen (secondary N) is 1. The first-order valence-corrected chi connectivity index (χ1v) is 10.7. The van der Waals surface area contributed by atoms with Crippen LogP contribution in [0.5, 0.6) is 0 Å². The second-order valence-electron chi connectivity index (χ2n) is 6.75. The second kappa shape index (κ2) is 6.80. The number of benzene rings is 1. The Kier molecular flexibility index (Phi) is 5.24. The molecule has 3 nitrogen and oxygen atoms in total. The number of nitriles is 1. The van der Waals surface area contributed by atoms with Crippen molar-refractivity contribution in [3.63, 3.8) is 0 Å². The molecule has 1 atom stereocenters. The summed E-state index contributed by atoms with van der Waals surface area (Å²) in [6, 6.07) is 5.84. The SMILES string of the molecule is Cc1cc(C#N)cc(C)c1NC(=O)C(C)[P+]1(C)CCCCC1. The number of hydrogen-bond acceptors (Lipinski definition) is 2. The largest absolute Gasteiger partial charge is 0.322 e. The monoisotopic (exact) mass is 317 g/mol. The molecule has 22 heavy (non-hydrogen) atoms. The highest BCUT2D eigenvalue weighted by molar-refractivity contribution is 7.76.